The molecule has 0 saturated carbocycles. The summed E-state index contributed by atoms with van der Waals surface area (Å²) in [6.45, 7) is 7.37. The molecule has 0 aromatic heterocycles. The van der Waals surface area contributed by atoms with Gasteiger partial charge in [-0.15, -0.1) is 0 Å². The number of amides is 1. The maximum absolute atomic E-state index is 12.1. The standard InChI is InChI=1S/C13H29N3O3S/c1-5-13(6-2,11-14)12(17)15-9-8-10-16(7-3)20(4,18)19/h5-11,14H2,1-4H3,(H,15,17). The van der Waals surface area contributed by atoms with Crippen molar-refractivity contribution in [2.24, 2.45) is 11.1 Å². The number of nitrogens with one attached hydrogen (secondary N) is 1. The average Bonchev–Trinajstić information content (AvgIpc) is 2.40. The molecule has 0 aromatic rings. The molecule has 0 fully saturated rings. The summed E-state index contributed by atoms with van der Waals surface area (Å²) in [6.07, 6.45) is 3.20. The first-order valence-electron chi connectivity index (χ1n) is 7.20. The Morgan fingerprint density at radius 1 is 1.25 bits per heavy atom. The third kappa shape index (κ3) is 5.38. The molecule has 0 bridgehead atoms. The van der Waals surface area contributed by atoms with Crippen LogP contribution in [0.5, 0.6) is 0 Å². The van der Waals surface area contributed by atoms with Crippen molar-refractivity contribution in [1.29, 1.82) is 0 Å². The number of carbonyl (C=O) groups excluding carboxylic acids is 1. The van der Waals surface area contributed by atoms with Crippen LogP contribution in [0, 0.1) is 5.41 Å². The first-order chi connectivity index (χ1) is 9.27. The Labute approximate surface area is 123 Å². The number of hydrogen-bond donors (Lipinski definition) is 2. The Kier molecular flexibility index (Phi) is 8.30. The summed E-state index contributed by atoms with van der Waals surface area (Å²) in [5.41, 5.74) is 5.21. The van der Waals surface area contributed by atoms with Gasteiger partial charge in [-0.1, -0.05) is 20.8 Å². The van der Waals surface area contributed by atoms with Crippen LogP contribution in [0.3, 0.4) is 0 Å². The summed E-state index contributed by atoms with van der Waals surface area (Å²) in [7, 11) is -3.16. The lowest BCUT2D eigenvalue weighted by atomic mass is 9.81. The predicted molar refractivity (Wildman–Crippen MR) is 81.8 cm³/mol. The summed E-state index contributed by atoms with van der Waals surface area (Å²) in [5, 5.41) is 2.87. The summed E-state index contributed by atoms with van der Waals surface area (Å²) in [4.78, 5) is 12.1. The van der Waals surface area contributed by atoms with Crippen LogP contribution in [-0.2, 0) is 14.8 Å². The Morgan fingerprint density at radius 2 is 1.80 bits per heavy atom. The fourth-order valence-corrected chi connectivity index (χ4v) is 3.09. The van der Waals surface area contributed by atoms with Gasteiger partial charge in [0.25, 0.3) is 0 Å². The lowest BCUT2D eigenvalue weighted by molar-refractivity contribution is -0.131. The molecule has 1 amide bonds. The second-order valence-corrected chi connectivity index (χ2v) is 7.04. The maximum atomic E-state index is 12.1. The topological polar surface area (TPSA) is 92.5 Å². The molecule has 20 heavy (non-hydrogen) atoms. The van der Waals surface area contributed by atoms with Gasteiger partial charge in [0.1, 0.15) is 0 Å². The van der Waals surface area contributed by atoms with Crippen molar-refractivity contribution in [1.82, 2.24) is 9.62 Å². The van der Waals surface area contributed by atoms with Crippen molar-refractivity contribution < 1.29 is 13.2 Å². The van der Waals surface area contributed by atoms with Crippen molar-refractivity contribution >= 4 is 15.9 Å². The lowest BCUT2D eigenvalue weighted by Crippen LogP contribution is -2.46. The van der Waals surface area contributed by atoms with Crippen molar-refractivity contribution in [2.75, 3.05) is 32.4 Å². The zero-order valence-corrected chi connectivity index (χ0v) is 13.9. The zero-order valence-electron chi connectivity index (χ0n) is 13.1. The average molecular weight is 307 g/mol. The number of rotatable bonds is 10. The second-order valence-electron chi connectivity index (χ2n) is 5.06. The van der Waals surface area contributed by atoms with E-state index in [1.807, 2.05) is 13.8 Å². The third-order valence-corrected chi connectivity index (χ3v) is 5.30. The molecule has 0 aliphatic heterocycles. The SMILES string of the molecule is CCN(CCCNC(=O)C(CC)(CC)CN)S(C)(=O)=O. The minimum atomic E-state index is -3.16. The Bertz CT molecular complexity index is 383. The largest absolute Gasteiger partial charge is 0.356 e. The van der Waals surface area contributed by atoms with E-state index in [0.717, 1.165) is 0 Å². The Hall–Kier alpha value is -0.660. The highest BCUT2D eigenvalue weighted by molar-refractivity contribution is 7.88. The predicted octanol–water partition coefficient (Wildman–Crippen LogP) is 0.539. The number of nitrogens with zero attached hydrogens (tertiary/aromatic N) is 1. The van der Waals surface area contributed by atoms with Gasteiger partial charge in [-0.25, -0.2) is 12.7 Å². The molecule has 0 spiro atoms. The monoisotopic (exact) mass is 307 g/mol. The van der Waals surface area contributed by atoms with Gasteiger partial charge in [-0.2, -0.15) is 0 Å². The molecule has 7 heteroatoms. The van der Waals surface area contributed by atoms with Gasteiger partial charge >= 0.3 is 0 Å². The van der Waals surface area contributed by atoms with Crippen molar-refractivity contribution in [3.8, 4) is 0 Å². The van der Waals surface area contributed by atoms with E-state index in [1.54, 1.807) is 6.92 Å². The molecule has 120 valence electrons. The van der Waals surface area contributed by atoms with E-state index in [1.165, 1.54) is 10.6 Å². The van der Waals surface area contributed by atoms with Crippen molar-refractivity contribution in [3.63, 3.8) is 0 Å². The van der Waals surface area contributed by atoms with E-state index in [2.05, 4.69) is 5.32 Å². The van der Waals surface area contributed by atoms with Crippen LogP contribution in [-0.4, -0.2) is 51.1 Å². The normalized spacial score (nSPS) is 12.7. The quantitative estimate of drug-likeness (QED) is 0.576. The maximum Gasteiger partial charge on any atom is 0.227 e. The van der Waals surface area contributed by atoms with Gasteiger partial charge in [-0.05, 0) is 19.3 Å². The second kappa shape index (κ2) is 8.59. The fraction of sp³-hybridized carbons (Fsp3) is 0.923. The highest BCUT2D eigenvalue weighted by Crippen LogP contribution is 2.24. The highest BCUT2D eigenvalue weighted by Gasteiger charge is 2.32. The molecular formula is C13H29N3O3S. The van der Waals surface area contributed by atoms with Crippen LogP contribution >= 0.6 is 0 Å². The van der Waals surface area contributed by atoms with Gasteiger partial charge in [0.05, 0.1) is 11.7 Å². The first kappa shape index (κ1) is 19.3. The molecule has 0 rings (SSSR count). The van der Waals surface area contributed by atoms with Crippen LogP contribution < -0.4 is 11.1 Å². The highest BCUT2D eigenvalue weighted by atomic mass is 32.2. The minimum Gasteiger partial charge on any atom is -0.356 e. The van der Waals surface area contributed by atoms with Crippen LogP contribution in [0.1, 0.15) is 40.0 Å². The zero-order chi connectivity index (χ0) is 15.8. The van der Waals surface area contributed by atoms with Crippen LogP contribution in [0.25, 0.3) is 0 Å². The van der Waals surface area contributed by atoms with Gasteiger partial charge in [0.15, 0.2) is 0 Å². The fourth-order valence-electron chi connectivity index (χ4n) is 2.16. The summed E-state index contributed by atoms with van der Waals surface area (Å²) in [6, 6.07) is 0. The Balaban J connectivity index is 4.28. The van der Waals surface area contributed by atoms with Gasteiger partial charge in [-0.3, -0.25) is 4.79 Å². The van der Waals surface area contributed by atoms with E-state index in [0.29, 0.717) is 45.4 Å². The molecule has 0 atom stereocenters. The van der Waals surface area contributed by atoms with E-state index in [4.69, 9.17) is 5.73 Å². The van der Waals surface area contributed by atoms with E-state index < -0.39 is 15.4 Å². The number of hydrogen-bond acceptors (Lipinski definition) is 4. The number of sulfonamides is 1. The molecule has 0 heterocycles. The molecule has 0 aromatic carbocycles. The molecule has 3 N–H and O–H groups in total. The van der Waals surface area contributed by atoms with Crippen LogP contribution in [0.15, 0.2) is 0 Å². The first-order valence-corrected chi connectivity index (χ1v) is 9.05. The van der Waals surface area contributed by atoms with Crippen LogP contribution in [0.4, 0.5) is 0 Å². The molecular weight excluding hydrogens is 278 g/mol. The third-order valence-electron chi connectivity index (χ3n) is 3.92. The van der Waals surface area contributed by atoms with Crippen LogP contribution in [0.2, 0.25) is 0 Å². The van der Waals surface area contributed by atoms with Gasteiger partial charge in [0.2, 0.25) is 15.9 Å². The molecule has 0 aliphatic carbocycles. The van der Waals surface area contributed by atoms with Gasteiger partial charge < -0.3 is 11.1 Å². The van der Waals surface area contributed by atoms with E-state index in [9.17, 15) is 13.2 Å². The molecule has 0 aliphatic rings. The molecule has 6 nitrogen and oxygen atoms in total. The molecule has 0 radical (unpaired) electrons. The van der Waals surface area contributed by atoms with E-state index >= 15 is 0 Å². The van der Waals surface area contributed by atoms with E-state index in [-0.39, 0.29) is 5.91 Å². The van der Waals surface area contributed by atoms with Gasteiger partial charge in [0, 0.05) is 26.2 Å². The molecule has 0 saturated heterocycles. The minimum absolute atomic E-state index is 0.0348. The smallest absolute Gasteiger partial charge is 0.227 e. The summed E-state index contributed by atoms with van der Waals surface area (Å²) < 4.78 is 24.2. The summed E-state index contributed by atoms with van der Waals surface area (Å²) in [5.74, 6) is -0.0348. The lowest BCUT2D eigenvalue weighted by Gasteiger charge is -2.28. The molecule has 0 unspecified atom stereocenters. The van der Waals surface area contributed by atoms with Crippen molar-refractivity contribution in [2.45, 2.75) is 40.0 Å². The summed E-state index contributed by atoms with van der Waals surface area (Å²) >= 11 is 0. The van der Waals surface area contributed by atoms with Crippen molar-refractivity contribution in [3.05, 3.63) is 0 Å². The Morgan fingerprint density at radius 3 is 2.15 bits per heavy atom. The number of nitrogens with two attached hydrogens (primary N) is 1. The number of carbonyl (C=O) groups is 1.